The third-order valence-corrected chi connectivity index (χ3v) is 6.48. The molecule has 1 heterocycles. The van der Waals surface area contributed by atoms with Crippen LogP contribution < -0.4 is 19.5 Å². The largest absolute Gasteiger partial charge is 0.489 e. The van der Waals surface area contributed by atoms with Crippen LogP contribution in [-0.4, -0.2) is 32.3 Å². The van der Waals surface area contributed by atoms with E-state index in [-0.39, 0.29) is 12.1 Å². The van der Waals surface area contributed by atoms with Gasteiger partial charge in [-0.3, -0.25) is 4.79 Å². The summed E-state index contributed by atoms with van der Waals surface area (Å²) in [6, 6.07) is 18.4. The lowest BCUT2D eigenvalue weighted by atomic mass is 10.0. The van der Waals surface area contributed by atoms with Crippen LogP contribution in [0.3, 0.4) is 0 Å². The van der Waals surface area contributed by atoms with Gasteiger partial charge in [0.25, 0.3) is 0 Å². The van der Waals surface area contributed by atoms with Crippen molar-refractivity contribution >= 4 is 29.2 Å². The average molecular weight is 528 g/mol. The van der Waals surface area contributed by atoms with E-state index in [0.29, 0.717) is 47.7 Å². The van der Waals surface area contributed by atoms with Crippen molar-refractivity contribution in [2.45, 2.75) is 25.2 Å². The lowest BCUT2D eigenvalue weighted by Gasteiger charge is -2.27. The summed E-state index contributed by atoms with van der Waals surface area (Å²) < 4.78 is 23.0. The summed E-state index contributed by atoms with van der Waals surface area (Å²) in [5.74, 6) is 1.72. The Morgan fingerprint density at radius 2 is 1.86 bits per heavy atom. The highest BCUT2D eigenvalue weighted by molar-refractivity contribution is 6.42. The SMILES string of the molecule is C=CCNC(Cc1ccc2c(c1)OC[C@H](c1ccc(OCc3ccc(Cl)c(Cl)c3)cc1)O2)C(=O)OC. The molecule has 0 saturated carbocycles. The summed E-state index contributed by atoms with van der Waals surface area (Å²) in [7, 11) is 1.38. The number of benzene rings is 3. The van der Waals surface area contributed by atoms with Crippen molar-refractivity contribution in [3.05, 3.63) is 100 Å². The van der Waals surface area contributed by atoms with E-state index in [1.807, 2.05) is 48.5 Å². The first kappa shape index (κ1) is 25.9. The Hall–Kier alpha value is -3.19. The van der Waals surface area contributed by atoms with Crippen LogP contribution in [0.15, 0.2) is 73.3 Å². The number of carbonyl (C=O) groups is 1. The molecule has 3 aromatic rings. The van der Waals surface area contributed by atoms with Crippen LogP contribution in [-0.2, 0) is 22.6 Å². The molecule has 4 rings (SSSR count). The molecule has 0 saturated heterocycles. The topological polar surface area (TPSA) is 66.0 Å². The van der Waals surface area contributed by atoms with Gasteiger partial charge in [-0.2, -0.15) is 0 Å². The molecular weight excluding hydrogens is 501 g/mol. The number of methoxy groups -OCH3 is 1. The first-order chi connectivity index (χ1) is 17.5. The molecule has 1 unspecified atom stereocenters. The quantitative estimate of drug-likeness (QED) is 0.259. The molecule has 36 heavy (non-hydrogen) atoms. The van der Waals surface area contributed by atoms with Gasteiger partial charge in [-0.1, -0.05) is 53.5 Å². The van der Waals surface area contributed by atoms with Gasteiger partial charge in [0.2, 0.25) is 0 Å². The minimum atomic E-state index is -0.472. The number of esters is 1. The second-order valence-corrected chi connectivity index (χ2v) is 9.10. The van der Waals surface area contributed by atoms with E-state index in [9.17, 15) is 4.79 Å². The van der Waals surface area contributed by atoms with Crippen LogP contribution in [0, 0.1) is 0 Å². The summed E-state index contributed by atoms with van der Waals surface area (Å²) in [6.45, 7) is 4.94. The number of rotatable bonds is 10. The van der Waals surface area contributed by atoms with Crippen molar-refractivity contribution in [3.63, 3.8) is 0 Å². The minimum absolute atomic E-state index is 0.246. The molecule has 8 heteroatoms. The normalized spacial score (nSPS) is 15.1. The molecular formula is C28H27Cl2NO5. The van der Waals surface area contributed by atoms with E-state index in [4.69, 9.17) is 42.1 Å². The second-order valence-electron chi connectivity index (χ2n) is 8.28. The Bertz CT molecular complexity index is 1220. The standard InChI is InChI=1S/C28H27Cl2NO5/c1-3-12-31-24(28(32)33-2)14-18-5-11-25-26(15-18)35-17-27(36-25)20-6-8-21(9-7-20)34-16-19-4-10-22(29)23(30)13-19/h3-11,13,15,24,27,31H,1,12,14,16-17H2,2H3/t24?,27-/m1/s1. The van der Waals surface area contributed by atoms with E-state index in [0.717, 1.165) is 22.4 Å². The number of hydrogen-bond donors (Lipinski definition) is 1. The van der Waals surface area contributed by atoms with Crippen molar-refractivity contribution < 1.29 is 23.7 Å². The molecule has 2 atom stereocenters. The van der Waals surface area contributed by atoms with Crippen molar-refractivity contribution in [1.29, 1.82) is 0 Å². The van der Waals surface area contributed by atoms with Gasteiger partial charge in [-0.15, -0.1) is 6.58 Å². The van der Waals surface area contributed by atoms with Crippen molar-refractivity contribution in [2.24, 2.45) is 0 Å². The van der Waals surface area contributed by atoms with Crippen LogP contribution in [0.25, 0.3) is 0 Å². The molecule has 3 aromatic carbocycles. The van der Waals surface area contributed by atoms with E-state index in [1.54, 1.807) is 18.2 Å². The summed E-state index contributed by atoms with van der Waals surface area (Å²) in [4.78, 5) is 12.1. The summed E-state index contributed by atoms with van der Waals surface area (Å²) in [5, 5.41) is 4.14. The highest BCUT2D eigenvalue weighted by Gasteiger charge is 2.24. The summed E-state index contributed by atoms with van der Waals surface area (Å²) in [6.07, 6.45) is 1.92. The van der Waals surface area contributed by atoms with E-state index in [2.05, 4.69) is 11.9 Å². The Kier molecular flexibility index (Phi) is 8.75. The number of fused-ring (bicyclic) bond motifs is 1. The van der Waals surface area contributed by atoms with Crippen LogP contribution in [0.5, 0.6) is 17.2 Å². The number of nitrogens with one attached hydrogen (secondary N) is 1. The Morgan fingerprint density at radius 1 is 1.08 bits per heavy atom. The molecule has 0 bridgehead atoms. The van der Waals surface area contributed by atoms with E-state index >= 15 is 0 Å². The van der Waals surface area contributed by atoms with Gasteiger partial charge in [0.15, 0.2) is 17.6 Å². The third-order valence-electron chi connectivity index (χ3n) is 5.74. The van der Waals surface area contributed by atoms with Gasteiger partial charge >= 0.3 is 5.97 Å². The zero-order valence-corrected chi connectivity index (χ0v) is 21.4. The molecule has 188 valence electrons. The second kappa shape index (κ2) is 12.2. The van der Waals surface area contributed by atoms with Crippen LogP contribution in [0.1, 0.15) is 22.8 Å². The molecule has 1 N–H and O–H groups in total. The molecule has 0 radical (unpaired) electrons. The Morgan fingerprint density at radius 3 is 2.58 bits per heavy atom. The van der Waals surface area contributed by atoms with Crippen molar-refractivity contribution in [1.82, 2.24) is 5.32 Å². The summed E-state index contributed by atoms with van der Waals surface area (Å²) in [5.41, 5.74) is 2.85. The average Bonchev–Trinajstić information content (AvgIpc) is 2.91. The fourth-order valence-corrected chi connectivity index (χ4v) is 4.14. The van der Waals surface area contributed by atoms with Gasteiger partial charge in [0.1, 0.15) is 25.0 Å². The van der Waals surface area contributed by atoms with E-state index in [1.165, 1.54) is 7.11 Å². The van der Waals surface area contributed by atoms with Crippen molar-refractivity contribution in [3.8, 4) is 17.2 Å². The van der Waals surface area contributed by atoms with Crippen LogP contribution in [0.4, 0.5) is 0 Å². The fourth-order valence-electron chi connectivity index (χ4n) is 3.82. The highest BCUT2D eigenvalue weighted by Crippen LogP contribution is 2.37. The van der Waals surface area contributed by atoms with Crippen LogP contribution in [0.2, 0.25) is 10.0 Å². The molecule has 1 aliphatic rings. The van der Waals surface area contributed by atoms with Crippen molar-refractivity contribution in [2.75, 3.05) is 20.3 Å². The number of hydrogen-bond acceptors (Lipinski definition) is 6. The molecule has 0 fully saturated rings. The lowest BCUT2D eigenvalue weighted by molar-refractivity contribution is -0.143. The zero-order chi connectivity index (χ0) is 25.5. The van der Waals surface area contributed by atoms with Gasteiger partial charge < -0.3 is 24.3 Å². The monoisotopic (exact) mass is 527 g/mol. The molecule has 1 aliphatic heterocycles. The predicted molar refractivity (Wildman–Crippen MR) is 140 cm³/mol. The highest BCUT2D eigenvalue weighted by atomic mass is 35.5. The molecule has 0 aromatic heterocycles. The van der Waals surface area contributed by atoms with E-state index < -0.39 is 6.04 Å². The van der Waals surface area contributed by atoms with Gasteiger partial charge in [-0.25, -0.2) is 0 Å². The number of halogens is 2. The third kappa shape index (κ3) is 6.52. The molecule has 0 spiro atoms. The lowest BCUT2D eigenvalue weighted by Crippen LogP contribution is -2.39. The number of ether oxygens (including phenoxy) is 4. The number of carbonyl (C=O) groups excluding carboxylic acids is 1. The maximum absolute atomic E-state index is 12.1. The zero-order valence-electron chi connectivity index (χ0n) is 19.8. The smallest absolute Gasteiger partial charge is 0.323 e. The minimum Gasteiger partial charge on any atom is -0.489 e. The maximum Gasteiger partial charge on any atom is 0.323 e. The molecule has 0 aliphatic carbocycles. The Labute approximate surface area is 220 Å². The van der Waals surface area contributed by atoms with Crippen LogP contribution >= 0.6 is 23.2 Å². The molecule has 0 amide bonds. The first-order valence-electron chi connectivity index (χ1n) is 11.5. The Balaban J connectivity index is 1.36. The van der Waals surface area contributed by atoms with Gasteiger partial charge in [0, 0.05) is 6.54 Å². The molecule has 6 nitrogen and oxygen atoms in total. The maximum atomic E-state index is 12.1. The van der Waals surface area contributed by atoms with Gasteiger partial charge in [-0.05, 0) is 59.5 Å². The van der Waals surface area contributed by atoms with Gasteiger partial charge in [0.05, 0.1) is 17.2 Å². The predicted octanol–water partition coefficient (Wildman–Crippen LogP) is 5.94. The summed E-state index contributed by atoms with van der Waals surface area (Å²) >= 11 is 12.0. The fraction of sp³-hybridized carbons (Fsp3) is 0.250. The first-order valence-corrected chi connectivity index (χ1v) is 12.2.